The second-order valence-corrected chi connectivity index (χ2v) is 7.24. The number of benzene rings is 2. The maximum absolute atomic E-state index is 12.8. The van der Waals surface area contributed by atoms with E-state index in [1.807, 2.05) is 12.1 Å². The molecule has 1 heterocycles. The quantitative estimate of drug-likeness (QED) is 0.820. The van der Waals surface area contributed by atoms with E-state index in [2.05, 4.69) is 19.2 Å². The minimum Gasteiger partial charge on any atom is -0.452 e. The number of rotatable bonds is 4. The number of esters is 1. The van der Waals surface area contributed by atoms with Crippen molar-refractivity contribution in [3.63, 3.8) is 0 Å². The molecular formula is C22H24N2O4. The van der Waals surface area contributed by atoms with Crippen molar-refractivity contribution in [3.05, 3.63) is 59.7 Å². The van der Waals surface area contributed by atoms with Gasteiger partial charge in [0.05, 0.1) is 16.9 Å². The third-order valence-electron chi connectivity index (χ3n) is 4.77. The lowest BCUT2D eigenvalue weighted by molar-refractivity contribution is -0.122. The van der Waals surface area contributed by atoms with Gasteiger partial charge >= 0.3 is 5.97 Å². The summed E-state index contributed by atoms with van der Waals surface area (Å²) >= 11 is 0. The minimum atomic E-state index is -0.548. The van der Waals surface area contributed by atoms with Gasteiger partial charge in [0.2, 0.25) is 5.91 Å². The Morgan fingerprint density at radius 3 is 2.50 bits per heavy atom. The van der Waals surface area contributed by atoms with Crippen molar-refractivity contribution in [1.29, 1.82) is 0 Å². The van der Waals surface area contributed by atoms with Crippen LogP contribution >= 0.6 is 0 Å². The lowest BCUT2D eigenvalue weighted by Gasteiger charge is -2.27. The molecule has 146 valence electrons. The van der Waals surface area contributed by atoms with E-state index in [9.17, 15) is 14.4 Å². The molecule has 1 aliphatic heterocycles. The second kappa shape index (κ2) is 8.25. The summed E-state index contributed by atoms with van der Waals surface area (Å²) in [7, 11) is 0. The van der Waals surface area contributed by atoms with Crippen molar-refractivity contribution in [2.45, 2.75) is 39.2 Å². The van der Waals surface area contributed by atoms with Gasteiger partial charge in [0.25, 0.3) is 5.91 Å². The predicted molar refractivity (Wildman–Crippen MR) is 107 cm³/mol. The number of nitrogens with zero attached hydrogens (tertiary/aromatic N) is 1. The van der Waals surface area contributed by atoms with Crippen LogP contribution in [-0.2, 0) is 14.3 Å². The molecule has 0 fully saturated rings. The maximum atomic E-state index is 12.8. The number of amides is 2. The van der Waals surface area contributed by atoms with Crippen molar-refractivity contribution in [2.75, 3.05) is 16.8 Å². The van der Waals surface area contributed by atoms with Crippen molar-refractivity contribution in [3.8, 4) is 0 Å². The van der Waals surface area contributed by atoms with E-state index in [0.717, 1.165) is 5.56 Å². The first-order valence-electron chi connectivity index (χ1n) is 9.35. The van der Waals surface area contributed by atoms with E-state index >= 15 is 0 Å². The van der Waals surface area contributed by atoms with Gasteiger partial charge in [0.1, 0.15) is 0 Å². The summed E-state index contributed by atoms with van der Waals surface area (Å²) in [6.07, 6.45) is 0.172. The van der Waals surface area contributed by atoms with Crippen molar-refractivity contribution in [2.24, 2.45) is 0 Å². The first-order chi connectivity index (χ1) is 13.4. The molecule has 0 unspecified atom stereocenters. The predicted octanol–water partition coefficient (Wildman–Crippen LogP) is 3.73. The number of fused-ring (bicyclic) bond motifs is 1. The fourth-order valence-electron chi connectivity index (χ4n) is 3.25. The largest absolute Gasteiger partial charge is 0.452 e. The van der Waals surface area contributed by atoms with Gasteiger partial charge in [-0.1, -0.05) is 38.1 Å². The van der Waals surface area contributed by atoms with Gasteiger partial charge in [0, 0.05) is 12.5 Å². The topological polar surface area (TPSA) is 75.7 Å². The SMILES string of the molecule is CC(C)c1ccc(C(=O)OCC(=O)N2c3ccccc3NC(=O)C[C@H]2C)cc1. The van der Waals surface area contributed by atoms with Crippen LogP contribution in [-0.4, -0.2) is 30.4 Å². The summed E-state index contributed by atoms with van der Waals surface area (Å²) in [5, 5.41) is 2.80. The molecule has 6 nitrogen and oxygen atoms in total. The molecule has 1 aliphatic rings. The Labute approximate surface area is 164 Å². The molecule has 0 saturated heterocycles. The van der Waals surface area contributed by atoms with Gasteiger partial charge < -0.3 is 15.0 Å². The zero-order valence-corrected chi connectivity index (χ0v) is 16.3. The molecule has 28 heavy (non-hydrogen) atoms. The summed E-state index contributed by atoms with van der Waals surface area (Å²) in [6, 6.07) is 13.9. The molecule has 2 aromatic rings. The third kappa shape index (κ3) is 4.22. The van der Waals surface area contributed by atoms with Crippen LogP contribution < -0.4 is 10.2 Å². The van der Waals surface area contributed by atoms with Crippen LogP contribution in [0.1, 0.15) is 49.0 Å². The Bertz CT molecular complexity index is 890. The molecule has 1 atom stereocenters. The Kier molecular flexibility index (Phi) is 5.78. The van der Waals surface area contributed by atoms with Gasteiger partial charge in [-0.25, -0.2) is 4.79 Å². The average Bonchev–Trinajstić information content (AvgIpc) is 2.80. The number of anilines is 2. The maximum Gasteiger partial charge on any atom is 0.338 e. The third-order valence-corrected chi connectivity index (χ3v) is 4.77. The zero-order valence-electron chi connectivity index (χ0n) is 16.3. The summed E-state index contributed by atoms with van der Waals surface area (Å²) < 4.78 is 5.24. The number of carbonyl (C=O) groups excluding carboxylic acids is 3. The van der Waals surface area contributed by atoms with Crippen LogP contribution in [0.15, 0.2) is 48.5 Å². The normalized spacial score (nSPS) is 16.2. The highest BCUT2D eigenvalue weighted by molar-refractivity contribution is 6.05. The van der Waals surface area contributed by atoms with Crippen molar-refractivity contribution < 1.29 is 19.1 Å². The van der Waals surface area contributed by atoms with E-state index in [4.69, 9.17) is 4.74 Å². The summed E-state index contributed by atoms with van der Waals surface area (Å²) in [5.74, 6) is -0.706. The summed E-state index contributed by atoms with van der Waals surface area (Å²) in [4.78, 5) is 38.7. The van der Waals surface area contributed by atoms with Crippen LogP contribution in [0.3, 0.4) is 0 Å². The van der Waals surface area contributed by atoms with Crippen LogP contribution in [0.25, 0.3) is 0 Å². The Morgan fingerprint density at radius 2 is 1.82 bits per heavy atom. The molecule has 0 bridgehead atoms. The van der Waals surface area contributed by atoms with Gasteiger partial charge in [-0.3, -0.25) is 9.59 Å². The van der Waals surface area contributed by atoms with Gasteiger partial charge in [-0.2, -0.15) is 0 Å². The standard InChI is InChI=1S/C22H24N2O4/c1-14(2)16-8-10-17(11-9-16)22(27)28-13-21(26)24-15(3)12-20(25)23-18-6-4-5-7-19(18)24/h4-11,14-15H,12-13H2,1-3H3,(H,23,25)/t15-/m1/s1. The lowest BCUT2D eigenvalue weighted by atomic mass is 10.0. The molecule has 2 amide bonds. The molecule has 0 saturated carbocycles. The van der Waals surface area contributed by atoms with Gasteiger partial charge in [-0.05, 0) is 42.7 Å². The number of hydrogen-bond donors (Lipinski definition) is 1. The monoisotopic (exact) mass is 380 g/mol. The molecule has 0 radical (unpaired) electrons. The Hall–Kier alpha value is -3.15. The lowest BCUT2D eigenvalue weighted by Crippen LogP contribution is -2.41. The van der Waals surface area contributed by atoms with E-state index in [-0.39, 0.29) is 24.3 Å². The number of para-hydroxylation sites is 2. The Balaban J connectivity index is 1.71. The fraction of sp³-hybridized carbons (Fsp3) is 0.318. The van der Waals surface area contributed by atoms with Gasteiger partial charge in [0.15, 0.2) is 6.61 Å². The van der Waals surface area contributed by atoms with E-state index in [1.165, 1.54) is 4.90 Å². The number of carbonyl (C=O) groups is 3. The second-order valence-electron chi connectivity index (χ2n) is 7.24. The summed E-state index contributed by atoms with van der Waals surface area (Å²) in [6.45, 7) is 5.56. The molecule has 2 aromatic carbocycles. The number of nitrogens with one attached hydrogen (secondary N) is 1. The highest BCUT2D eigenvalue weighted by Gasteiger charge is 2.30. The highest BCUT2D eigenvalue weighted by atomic mass is 16.5. The Morgan fingerprint density at radius 1 is 1.14 bits per heavy atom. The van der Waals surface area contributed by atoms with Crippen LogP contribution in [0.5, 0.6) is 0 Å². The molecular weight excluding hydrogens is 356 g/mol. The molecule has 1 N–H and O–H groups in total. The first kappa shape index (κ1) is 19.6. The minimum absolute atomic E-state index is 0.155. The molecule has 3 rings (SSSR count). The van der Waals surface area contributed by atoms with E-state index in [0.29, 0.717) is 22.9 Å². The van der Waals surface area contributed by atoms with Crippen molar-refractivity contribution in [1.82, 2.24) is 0 Å². The van der Waals surface area contributed by atoms with Crippen LogP contribution in [0.2, 0.25) is 0 Å². The molecule has 0 aromatic heterocycles. The van der Waals surface area contributed by atoms with Crippen molar-refractivity contribution >= 4 is 29.2 Å². The number of hydrogen-bond acceptors (Lipinski definition) is 4. The fourth-order valence-corrected chi connectivity index (χ4v) is 3.25. The molecule has 6 heteroatoms. The van der Waals surface area contributed by atoms with Crippen LogP contribution in [0.4, 0.5) is 11.4 Å². The van der Waals surface area contributed by atoms with E-state index in [1.54, 1.807) is 43.3 Å². The molecule has 0 aliphatic carbocycles. The average molecular weight is 380 g/mol. The van der Waals surface area contributed by atoms with Gasteiger partial charge in [-0.15, -0.1) is 0 Å². The summed E-state index contributed by atoms with van der Waals surface area (Å²) in [5.41, 5.74) is 2.70. The zero-order chi connectivity index (χ0) is 20.3. The van der Waals surface area contributed by atoms with Crippen LogP contribution in [0, 0.1) is 0 Å². The first-order valence-corrected chi connectivity index (χ1v) is 9.35. The van der Waals surface area contributed by atoms with E-state index < -0.39 is 12.6 Å². The smallest absolute Gasteiger partial charge is 0.338 e. The molecule has 0 spiro atoms. The highest BCUT2D eigenvalue weighted by Crippen LogP contribution is 2.31. The number of ether oxygens (including phenoxy) is 1.